The second-order valence-corrected chi connectivity index (χ2v) is 1.37. The van der Waals surface area contributed by atoms with E-state index >= 15 is 0 Å². The van der Waals surface area contributed by atoms with Crippen LogP contribution in [0.4, 0.5) is 0 Å². The molecule has 0 fully saturated rings. The summed E-state index contributed by atoms with van der Waals surface area (Å²) in [6.07, 6.45) is 0.716. The second kappa shape index (κ2) is 4.85. The summed E-state index contributed by atoms with van der Waals surface area (Å²) >= 11 is 0.471. The molecule has 0 atom stereocenters. The Bertz CT molecular complexity index is 67.2. The van der Waals surface area contributed by atoms with Gasteiger partial charge < -0.3 is 5.73 Å². The fourth-order valence-electron chi connectivity index (χ4n) is 0.116. The predicted octanol–water partition coefficient (Wildman–Crippen LogP) is -0.650. The molecule has 6 heavy (non-hydrogen) atoms. The Balaban J connectivity index is 2.86. The Kier molecular flexibility index (Phi) is 4.73. The Morgan fingerprint density at radius 3 is 2.67 bits per heavy atom. The highest BCUT2D eigenvalue weighted by molar-refractivity contribution is 7.64. The lowest BCUT2D eigenvalue weighted by Gasteiger charge is -1.72. The van der Waals surface area contributed by atoms with Gasteiger partial charge in [-0.15, -0.1) is 0 Å². The van der Waals surface area contributed by atoms with E-state index in [-0.39, 0.29) is 0 Å². The molecule has 0 spiro atoms. The van der Waals surface area contributed by atoms with Crippen molar-refractivity contribution in [1.29, 1.82) is 0 Å². The van der Waals surface area contributed by atoms with E-state index < -0.39 is 0 Å². The van der Waals surface area contributed by atoms with Crippen LogP contribution in [0.15, 0.2) is 0 Å². The highest BCUT2D eigenvalue weighted by atomic mass is 32.1. The Hall–Kier alpha value is -0.150. The normalized spacial score (nSPS) is 7.50. The van der Waals surface area contributed by atoms with Crippen molar-refractivity contribution in [3.05, 3.63) is 0 Å². The molecule has 0 aliphatic carbocycles. The van der Waals surface area contributed by atoms with Crippen molar-refractivity contribution in [1.82, 2.24) is 0 Å². The lowest BCUT2D eigenvalue weighted by atomic mass is 10.5. The van der Waals surface area contributed by atoms with Gasteiger partial charge in [-0.2, -0.15) is 0 Å². The largest absolute Gasteiger partial charge is 0.330 e. The molecule has 0 saturated heterocycles. The van der Waals surface area contributed by atoms with E-state index in [0.717, 1.165) is 0 Å². The molecule has 0 bridgehead atoms. The van der Waals surface area contributed by atoms with Gasteiger partial charge in [-0.3, -0.25) is 0 Å². The van der Waals surface area contributed by atoms with Gasteiger partial charge in [0.25, 0.3) is 0 Å². The maximum Gasteiger partial charge on any atom is 0.0841 e. The van der Waals surface area contributed by atoms with Crippen LogP contribution in [0.25, 0.3) is 0 Å². The summed E-state index contributed by atoms with van der Waals surface area (Å²) in [5, 5.41) is 1.54. The number of nitrogens with two attached hydrogens (primary N) is 1. The molecule has 3 heteroatoms. The second-order valence-electron chi connectivity index (χ2n) is 0.840. The first-order chi connectivity index (χ1) is 2.91. The fraction of sp³-hybridized carbons (Fsp3) is 0.667. The van der Waals surface area contributed by atoms with Crippen LogP contribution in [0.1, 0.15) is 6.42 Å². The molecule has 0 aromatic heterocycles. The summed E-state index contributed by atoms with van der Waals surface area (Å²) in [6.45, 7) is 0.579. The lowest BCUT2D eigenvalue weighted by Crippen LogP contribution is -1.97. The zero-order valence-electron chi connectivity index (χ0n) is 3.39. The van der Waals surface area contributed by atoms with Crippen LogP contribution in [-0.4, -0.2) is 16.1 Å². The van der Waals surface area contributed by atoms with E-state index in [1.54, 1.807) is 5.37 Å². The minimum atomic E-state index is 0.471. The summed E-state index contributed by atoms with van der Waals surface area (Å²) in [5.74, 6) is 0. The van der Waals surface area contributed by atoms with Crippen LogP contribution in [0.5, 0.6) is 0 Å². The first-order valence-electron chi connectivity index (χ1n) is 1.72. The van der Waals surface area contributed by atoms with Crippen LogP contribution >= 0.6 is 0 Å². The van der Waals surface area contributed by atoms with E-state index in [4.69, 9.17) is 5.73 Å². The first-order valence-corrected chi connectivity index (χ1v) is 2.52. The SMILES string of the molecule is NCCC=S=O. The van der Waals surface area contributed by atoms with Crippen LogP contribution in [-0.2, 0) is 11.3 Å². The van der Waals surface area contributed by atoms with Crippen molar-refractivity contribution < 1.29 is 4.21 Å². The molecule has 0 aliphatic heterocycles. The summed E-state index contributed by atoms with van der Waals surface area (Å²) in [5.41, 5.74) is 5.03. The first kappa shape index (κ1) is 5.85. The Labute approximate surface area is 40.4 Å². The van der Waals surface area contributed by atoms with Crippen molar-refractivity contribution in [2.75, 3.05) is 6.54 Å². The third-order valence-electron chi connectivity index (χ3n) is 0.353. The molecule has 0 amide bonds. The van der Waals surface area contributed by atoms with E-state index in [1.807, 2.05) is 0 Å². The Morgan fingerprint density at radius 2 is 2.50 bits per heavy atom. The van der Waals surface area contributed by atoms with Crippen molar-refractivity contribution in [2.24, 2.45) is 5.73 Å². The van der Waals surface area contributed by atoms with Crippen molar-refractivity contribution in [3.8, 4) is 0 Å². The zero-order chi connectivity index (χ0) is 4.83. The Morgan fingerprint density at radius 1 is 1.83 bits per heavy atom. The number of hydrogen-bond acceptors (Lipinski definition) is 2. The molecule has 2 nitrogen and oxygen atoms in total. The van der Waals surface area contributed by atoms with E-state index in [2.05, 4.69) is 0 Å². The quantitative estimate of drug-likeness (QED) is 0.474. The summed E-state index contributed by atoms with van der Waals surface area (Å²) in [6, 6.07) is 0. The standard InChI is InChI=1S/C3H7NOS/c4-2-1-3-6-5/h3H,1-2,4H2. The van der Waals surface area contributed by atoms with Crippen molar-refractivity contribution >= 4 is 16.6 Å². The van der Waals surface area contributed by atoms with Gasteiger partial charge >= 0.3 is 0 Å². The zero-order valence-corrected chi connectivity index (χ0v) is 4.20. The van der Waals surface area contributed by atoms with E-state index in [1.165, 1.54) is 0 Å². The number of hydrogen-bond donors (Lipinski definition) is 1. The van der Waals surface area contributed by atoms with E-state index in [0.29, 0.717) is 24.2 Å². The fourth-order valence-corrected chi connectivity index (χ4v) is 0.348. The molecule has 2 N–H and O–H groups in total. The van der Waals surface area contributed by atoms with Crippen LogP contribution in [0.2, 0.25) is 0 Å². The van der Waals surface area contributed by atoms with Crippen molar-refractivity contribution in [2.45, 2.75) is 6.42 Å². The topological polar surface area (TPSA) is 43.1 Å². The molecule has 0 rings (SSSR count). The van der Waals surface area contributed by atoms with Gasteiger partial charge in [-0.25, -0.2) is 4.21 Å². The maximum atomic E-state index is 9.49. The van der Waals surface area contributed by atoms with Gasteiger partial charge in [-0.05, 0) is 13.0 Å². The minimum Gasteiger partial charge on any atom is -0.330 e. The maximum absolute atomic E-state index is 9.49. The third-order valence-corrected chi connectivity index (χ3v) is 0.724. The monoisotopic (exact) mass is 105 g/mol. The van der Waals surface area contributed by atoms with E-state index in [9.17, 15) is 4.21 Å². The highest BCUT2D eigenvalue weighted by Gasteiger charge is 1.66. The molecule has 0 heterocycles. The van der Waals surface area contributed by atoms with Gasteiger partial charge in [0.15, 0.2) is 0 Å². The highest BCUT2D eigenvalue weighted by Crippen LogP contribution is 1.56. The molecule has 0 radical (unpaired) electrons. The summed E-state index contributed by atoms with van der Waals surface area (Å²) < 4.78 is 9.49. The molecule has 0 aromatic carbocycles. The van der Waals surface area contributed by atoms with Gasteiger partial charge in [0.2, 0.25) is 0 Å². The predicted molar refractivity (Wildman–Crippen MR) is 27.9 cm³/mol. The van der Waals surface area contributed by atoms with Gasteiger partial charge in [0, 0.05) is 5.37 Å². The molecule has 36 valence electrons. The van der Waals surface area contributed by atoms with Crippen LogP contribution < -0.4 is 5.73 Å². The van der Waals surface area contributed by atoms with Gasteiger partial charge in [0.05, 0.1) is 11.3 Å². The summed E-state index contributed by atoms with van der Waals surface area (Å²) in [4.78, 5) is 0. The minimum absolute atomic E-state index is 0.471. The lowest BCUT2D eigenvalue weighted by molar-refractivity contribution is 0.701. The molecular weight excluding hydrogens is 98.1 g/mol. The van der Waals surface area contributed by atoms with Gasteiger partial charge in [-0.1, -0.05) is 0 Å². The molecule has 0 aliphatic rings. The molecular formula is C3H7NOS. The third kappa shape index (κ3) is 3.85. The van der Waals surface area contributed by atoms with Gasteiger partial charge in [0.1, 0.15) is 0 Å². The molecule has 0 saturated carbocycles. The average Bonchev–Trinajstić information content (AvgIpc) is 1.61. The van der Waals surface area contributed by atoms with Crippen LogP contribution in [0, 0.1) is 0 Å². The number of rotatable bonds is 2. The smallest absolute Gasteiger partial charge is 0.0841 e. The van der Waals surface area contributed by atoms with Crippen LogP contribution in [0.3, 0.4) is 0 Å². The molecule has 0 unspecified atom stereocenters. The average molecular weight is 105 g/mol. The molecule has 0 aromatic rings. The van der Waals surface area contributed by atoms with Crippen molar-refractivity contribution in [3.63, 3.8) is 0 Å². The summed E-state index contributed by atoms with van der Waals surface area (Å²) in [7, 11) is 0.